The lowest BCUT2D eigenvalue weighted by Crippen LogP contribution is -2.02. The van der Waals surface area contributed by atoms with Gasteiger partial charge in [-0.25, -0.2) is 0 Å². The summed E-state index contributed by atoms with van der Waals surface area (Å²) in [6.45, 7) is 6.69. The highest BCUT2D eigenvalue weighted by molar-refractivity contribution is 5.36. The van der Waals surface area contributed by atoms with E-state index in [4.69, 9.17) is 0 Å². The van der Waals surface area contributed by atoms with Gasteiger partial charge in [-0.1, -0.05) is 118 Å². The molecule has 0 amide bonds. The molecule has 0 unspecified atom stereocenters. The molecule has 0 fully saturated rings. The van der Waals surface area contributed by atoms with Gasteiger partial charge in [0, 0.05) is 5.92 Å². The monoisotopic (exact) mass is 336 g/mol. The summed E-state index contributed by atoms with van der Waals surface area (Å²) in [4.78, 5) is 0. The second-order valence-corrected chi connectivity index (χ2v) is 7.64. The molecule has 0 saturated carbocycles. The van der Waals surface area contributed by atoms with Crippen molar-refractivity contribution in [3.05, 3.63) is 70.8 Å². The number of unbranched alkanes of at least 4 members (excludes halogenated alkanes) is 7. The zero-order chi connectivity index (χ0) is 17.9. The molecule has 0 heterocycles. The maximum atomic E-state index is 2.37. The van der Waals surface area contributed by atoms with Crippen LogP contribution in [-0.2, 0) is 0 Å². The van der Waals surface area contributed by atoms with Crippen LogP contribution >= 0.6 is 0 Å². The first-order chi connectivity index (χ1) is 12.2. The summed E-state index contributed by atoms with van der Waals surface area (Å²) in [5.74, 6) is 0.542. The van der Waals surface area contributed by atoms with E-state index < -0.39 is 0 Å². The molecule has 25 heavy (non-hydrogen) atoms. The Hall–Kier alpha value is -1.56. The van der Waals surface area contributed by atoms with Crippen LogP contribution in [0, 0.1) is 13.8 Å². The lowest BCUT2D eigenvalue weighted by atomic mass is 9.85. The molecule has 0 aromatic heterocycles. The molecule has 0 saturated heterocycles. The molecule has 0 radical (unpaired) electrons. The van der Waals surface area contributed by atoms with E-state index in [-0.39, 0.29) is 0 Å². The van der Waals surface area contributed by atoms with Crippen molar-refractivity contribution in [1.82, 2.24) is 0 Å². The SMILES string of the molecule is CCCCCCCCCCC(c1cccc(C)c1)c1cccc(C)c1. The molecule has 0 nitrogen and oxygen atoms in total. The number of benzene rings is 2. The Kier molecular flexibility index (Phi) is 8.80. The van der Waals surface area contributed by atoms with Gasteiger partial charge in [-0.15, -0.1) is 0 Å². The van der Waals surface area contributed by atoms with Crippen molar-refractivity contribution in [2.24, 2.45) is 0 Å². The largest absolute Gasteiger partial charge is 0.0654 e. The van der Waals surface area contributed by atoms with Crippen molar-refractivity contribution in [2.75, 3.05) is 0 Å². The van der Waals surface area contributed by atoms with E-state index in [1.54, 1.807) is 0 Å². The van der Waals surface area contributed by atoms with E-state index >= 15 is 0 Å². The summed E-state index contributed by atoms with van der Waals surface area (Å²) in [7, 11) is 0. The van der Waals surface area contributed by atoms with Crippen LogP contribution in [0.3, 0.4) is 0 Å². The predicted molar refractivity (Wildman–Crippen MR) is 111 cm³/mol. The van der Waals surface area contributed by atoms with Crippen molar-refractivity contribution in [1.29, 1.82) is 0 Å². The molecule has 0 heteroatoms. The first kappa shape index (κ1) is 19.8. The van der Waals surface area contributed by atoms with Gasteiger partial charge >= 0.3 is 0 Å². The molecular weight excluding hydrogens is 300 g/mol. The van der Waals surface area contributed by atoms with Gasteiger partial charge in [0.05, 0.1) is 0 Å². The molecule has 0 atom stereocenters. The van der Waals surface area contributed by atoms with E-state index in [1.165, 1.54) is 80.0 Å². The molecule has 2 aromatic rings. The summed E-state index contributed by atoms with van der Waals surface area (Å²) < 4.78 is 0. The second kappa shape index (κ2) is 11.1. The van der Waals surface area contributed by atoms with E-state index in [0.717, 1.165) is 0 Å². The van der Waals surface area contributed by atoms with Gasteiger partial charge in [-0.2, -0.15) is 0 Å². The summed E-state index contributed by atoms with van der Waals surface area (Å²) in [5.41, 5.74) is 5.69. The molecule has 2 aromatic carbocycles. The molecule has 136 valence electrons. The Bertz CT molecular complexity index is 565. The molecule has 0 N–H and O–H groups in total. The van der Waals surface area contributed by atoms with Crippen molar-refractivity contribution in [3.8, 4) is 0 Å². The highest BCUT2D eigenvalue weighted by Crippen LogP contribution is 2.31. The van der Waals surface area contributed by atoms with Crippen molar-refractivity contribution in [3.63, 3.8) is 0 Å². The third-order valence-electron chi connectivity index (χ3n) is 5.24. The van der Waals surface area contributed by atoms with Crippen LogP contribution in [-0.4, -0.2) is 0 Å². The minimum atomic E-state index is 0.542. The zero-order valence-electron chi connectivity index (χ0n) is 16.6. The molecular formula is C25H36. The minimum absolute atomic E-state index is 0.542. The van der Waals surface area contributed by atoms with Crippen molar-refractivity contribution in [2.45, 2.75) is 84.5 Å². The van der Waals surface area contributed by atoms with Gasteiger partial charge in [0.2, 0.25) is 0 Å². The van der Waals surface area contributed by atoms with Gasteiger partial charge < -0.3 is 0 Å². The fraction of sp³-hybridized carbons (Fsp3) is 0.520. The molecule has 0 bridgehead atoms. The van der Waals surface area contributed by atoms with Crippen LogP contribution in [0.2, 0.25) is 0 Å². The first-order valence-corrected chi connectivity index (χ1v) is 10.3. The van der Waals surface area contributed by atoms with Crippen LogP contribution in [0.4, 0.5) is 0 Å². The lowest BCUT2D eigenvalue weighted by Gasteiger charge is -2.19. The van der Waals surface area contributed by atoms with E-state index in [2.05, 4.69) is 69.3 Å². The molecule has 0 aliphatic heterocycles. The van der Waals surface area contributed by atoms with Crippen LogP contribution in [0.25, 0.3) is 0 Å². The number of aryl methyl sites for hydroxylation is 2. The normalized spacial score (nSPS) is 11.2. The summed E-state index contributed by atoms with van der Waals surface area (Å²) in [5, 5.41) is 0. The van der Waals surface area contributed by atoms with Crippen molar-refractivity contribution < 1.29 is 0 Å². The standard InChI is InChI=1S/C25H36/c1-4-5-6-7-8-9-10-11-18-25(23-16-12-14-21(2)19-23)24-17-13-15-22(3)20-24/h12-17,19-20,25H,4-11,18H2,1-3H3. The summed E-state index contributed by atoms with van der Waals surface area (Å²) >= 11 is 0. The van der Waals surface area contributed by atoms with Crippen molar-refractivity contribution >= 4 is 0 Å². The summed E-state index contributed by atoms with van der Waals surface area (Å²) in [6, 6.07) is 18.2. The molecule has 0 aliphatic rings. The fourth-order valence-corrected chi connectivity index (χ4v) is 3.78. The Morgan fingerprint density at radius 2 is 1.12 bits per heavy atom. The number of hydrogen-bond donors (Lipinski definition) is 0. The van der Waals surface area contributed by atoms with Gasteiger partial charge in [0.25, 0.3) is 0 Å². The smallest absolute Gasteiger partial charge is 0.00895 e. The van der Waals surface area contributed by atoms with Crippen LogP contribution < -0.4 is 0 Å². The number of rotatable bonds is 11. The fourth-order valence-electron chi connectivity index (χ4n) is 3.78. The molecule has 0 aliphatic carbocycles. The van der Waals surface area contributed by atoms with Gasteiger partial charge in [0.1, 0.15) is 0 Å². The van der Waals surface area contributed by atoms with E-state index in [1.807, 2.05) is 0 Å². The Balaban J connectivity index is 1.92. The lowest BCUT2D eigenvalue weighted by molar-refractivity contribution is 0.551. The van der Waals surface area contributed by atoms with Gasteiger partial charge in [0.15, 0.2) is 0 Å². The minimum Gasteiger partial charge on any atom is -0.0654 e. The topological polar surface area (TPSA) is 0 Å². The first-order valence-electron chi connectivity index (χ1n) is 10.3. The quantitative estimate of drug-likeness (QED) is 0.365. The Labute approximate surface area is 155 Å². The predicted octanol–water partition coefficient (Wildman–Crippen LogP) is 7.97. The second-order valence-electron chi connectivity index (χ2n) is 7.64. The average molecular weight is 337 g/mol. The van der Waals surface area contributed by atoms with E-state index in [0.29, 0.717) is 5.92 Å². The van der Waals surface area contributed by atoms with Crippen LogP contribution in [0.5, 0.6) is 0 Å². The molecule has 2 rings (SSSR count). The third kappa shape index (κ3) is 7.06. The van der Waals surface area contributed by atoms with Gasteiger partial charge in [-0.3, -0.25) is 0 Å². The maximum absolute atomic E-state index is 2.37. The van der Waals surface area contributed by atoms with Crippen LogP contribution in [0.1, 0.15) is 92.9 Å². The highest BCUT2D eigenvalue weighted by atomic mass is 14.2. The molecule has 0 spiro atoms. The third-order valence-corrected chi connectivity index (χ3v) is 5.24. The number of hydrogen-bond acceptors (Lipinski definition) is 0. The van der Waals surface area contributed by atoms with Crippen LogP contribution in [0.15, 0.2) is 48.5 Å². The maximum Gasteiger partial charge on any atom is 0.00895 e. The Morgan fingerprint density at radius 1 is 0.640 bits per heavy atom. The highest BCUT2D eigenvalue weighted by Gasteiger charge is 2.14. The zero-order valence-corrected chi connectivity index (χ0v) is 16.6. The summed E-state index contributed by atoms with van der Waals surface area (Å²) in [6.07, 6.45) is 12.4. The van der Waals surface area contributed by atoms with E-state index in [9.17, 15) is 0 Å². The van der Waals surface area contributed by atoms with Gasteiger partial charge in [-0.05, 0) is 31.4 Å². The average Bonchev–Trinajstić information content (AvgIpc) is 2.60. The Morgan fingerprint density at radius 3 is 1.60 bits per heavy atom.